The Bertz CT molecular complexity index is 1030. The van der Waals surface area contributed by atoms with Crippen LogP contribution in [0.25, 0.3) is 10.9 Å². The van der Waals surface area contributed by atoms with Gasteiger partial charge in [0.25, 0.3) is 0 Å². The molecule has 0 radical (unpaired) electrons. The van der Waals surface area contributed by atoms with E-state index in [0.717, 1.165) is 18.4 Å². The van der Waals surface area contributed by atoms with E-state index in [4.69, 9.17) is 0 Å². The number of nitrogens with one attached hydrogen (secondary N) is 1. The summed E-state index contributed by atoms with van der Waals surface area (Å²) in [5, 5.41) is 1.28. The molecule has 2 aromatic carbocycles. The van der Waals surface area contributed by atoms with Crippen LogP contribution in [0.4, 0.5) is 0 Å². The maximum Gasteiger partial charge on any atom is 0.223 e. The van der Waals surface area contributed by atoms with Gasteiger partial charge in [0.1, 0.15) is 0 Å². The highest BCUT2D eigenvalue weighted by atomic mass is 16.2. The Kier molecular flexibility index (Phi) is 5.03. The minimum absolute atomic E-state index is 0.0369. The van der Waals surface area contributed by atoms with Crippen molar-refractivity contribution >= 4 is 22.6 Å². The second kappa shape index (κ2) is 7.63. The van der Waals surface area contributed by atoms with Crippen LogP contribution in [0.5, 0.6) is 0 Å². The zero-order chi connectivity index (χ0) is 19.7. The third-order valence-corrected chi connectivity index (χ3v) is 5.71. The van der Waals surface area contributed by atoms with Gasteiger partial charge in [0.05, 0.1) is 0 Å². The van der Waals surface area contributed by atoms with Gasteiger partial charge in [-0.2, -0.15) is 0 Å². The lowest BCUT2D eigenvalue weighted by Gasteiger charge is -2.20. The fourth-order valence-corrected chi connectivity index (χ4v) is 4.03. The molecule has 0 saturated carbocycles. The standard InChI is InChI=1S/C24H26N2O2/c1-16-3-6-18(7-4-16)23(27)9-10-24(28)26-13-11-19-20-15-17(2)5-8-21(20)25-22(19)12-14-26/h3-8,15,25H,9-14H2,1-2H3. The van der Waals surface area contributed by atoms with Gasteiger partial charge in [-0.3, -0.25) is 9.59 Å². The molecule has 0 saturated heterocycles. The maximum atomic E-state index is 12.7. The molecule has 1 aromatic heterocycles. The van der Waals surface area contributed by atoms with E-state index in [1.54, 1.807) is 0 Å². The van der Waals surface area contributed by atoms with E-state index < -0.39 is 0 Å². The molecule has 4 rings (SSSR count). The Labute approximate surface area is 165 Å². The van der Waals surface area contributed by atoms with Crippen LogP contribution in [0.1, 0.15) is 45.6 Å². The van der Waals surface area contributed by atoms with E-state index in [-0.39, 0.29) is 24.5 Å². The average molecular weight is 374 g/mol. The molecule has 1 aliphatic heterocycles. The minimum atomic E-state index is 0.0369. The number of Topliss-reactive ketones (excluding diaryl/α,β-unsaturated/α-hetero) is 1. The molecule has 4 nitrogen and oxygen atoms in total. The molecule has 0 unspecified atom stereocenters. The summed E-state index contributed by atoms with van der Waals surface area (Å²) in [6, 6.07) is 14.0. The summed E-state index contributed by atoms with van der Waals surface area (Å²) >= 11 is 0. The van der Waals surface area contributed by atoms with Crippen LogP contribution in [-0.4, -0.2) is 34.7 Å². The lowest BCUT2D eigenvalue weighted by Crippen LogP contribution is -2.33. The van der Waals surface area contributed by atoms with Crippen LogP contribution >= 0.6 is 0 Å². The third-order valence-electron chi connectivity index (χ3n) is 5.71. The zero-order valence-corrected chi connectivity index (χ0v) is 16.5. The SMILES string of the molecule is Cc1ccc(C(=O)CCC(=O)N2CCc3[nH]c4ccc(C)cc4c3CC2)cc1. The van der Waals surface area contributed by atoms with Gasteiger partial charge in [-0.25, -0.2) is 0 Å². The Hall–Kier alpha value is -2.88. The van der Waals surface area contributed by atoms with Crippen molar-refractivity contribution in [2.45, 2.75) is 39.5 Å². The smallest absolute Gasteiger partial charge is 0.223 e. The van der Waals surface area contributed by atoms with Crippen molar-refractivity contribution in [1.29, 1.82) is 0 Å². The Morgan fingerprint density at radius 3 is 2.43 bits per heavy atom. The summed E-state index contributed by atoms with van der Waals surface area (Å²) in [5.41, 5.74) is 6.82. The first kappa shape index (κ1) is 18.5. The van der Waals surface area contributed by atoms with E-state index >= 15 is 0 Å². The van der Waals surface area contributed by atoms with Gasteiger partial charge in [-0.05, 0) is 38.0 Å². The summed E-state index contributed by atoms with van der Waals surface area (Å²) in [5.74, 6) is 0.112. The third kappa shape index (κ3) is 3.72. The van der Waals surface area contributed by atoms with Crippen molar-refractivity contribution < 1.29 is 9.59 Å². The fraction of sp³-hybridized carbons (Fsp3) is 0.333. The van der Waals surface area contributed by atoms with Gasteiger partial charge in [0, 0.05) is 54.5 Å². The van der Waals surface area contributed by atoms with Crippen molar-refractivity contribution in [1.82, 2.24) is 9.88 Å². The Morgan fingerprint density at radius 1 is 0.929 bits per heavy atom. The first-order chi connectivity index (χ1) is 13.5. The van der Waals surface area contributed by atoms with Crippen LogP contribution in [0, 0.1) is 13.8 Å². The number of ketones is 1. The summed E-state index contributed by atoms with van der Waals surface area (Å²) in [6.45, 7) is 5.52. The van der Waals surface area contributed by atoms with Crippen molar-refractivity contribution in [3.63, 3.8) is 0 Å². The fourth-order valence-electron chi connectivity index (χ4n) is 4.03. The number of nitrogens with zero attached hydrogens (tertiary/aromatic N) is 1. The largest absolute Gasteiger partial charge is 0.358 e. The summed E-state index contributed by atoms with van der Waals surface area (Å²) < 4.78 is 0. The first-order valence-electron chi connectivity index (χ1n) is 9.99. The number of benzene rings is 2. The molecule has 144 valence electrons. The van der Waals surface area contributed by atoms with Gasteiger partial charge in [0.15, 0.2) is 5.78 Å². The average Bonchev–Trinajstić information content (AvgIpc) is 2.89. The van der Waals surface area contributed by atoms with Crippen LogP contribution in [0.2, 0.25) is 0 Å². The Balaban J connectivity index is 1.39. The van der Waals surface area contributed by atoms with Crippen LogP contribution in [0.3, 0.4) is 0 Å². The molecule has 2 heterocycles. The molecule has 3 aromatic rings. The van der Waals surface area contributed by atoms with E-state index in [0.29, 0.717) is 18.7 Å². The number of aromatic amines is 1. The van der Waals surface area contributed by atoms with Gasteiger partial charge in [0.2, 0.25) is 5.91 Å². The highest BCUT2D eigenvalue weighted by molar-refractivity contribution is 5.98. The number of hydrogen-bond acceptors (Lipinski definition) is 2. The van der Waals surface area contributed by atoms with Crippen molar-refractivity contribution in [3.8, 4) is 0 Å². The highest BCUT2D eigenvalue weighted by Crippen LogP contribution is 2.27. The van der Waals surface area contributed by atoms with Gasteiger partial charge >= 0.3 is 0 Å². The Morgan fingerprint density at radius 2 is 1.64 bits per heavy atom. The number of carbonyl (C=O) groups excluding carboxylic acids is 2. The summed E-state index contributed by atoms with van der Waals surface area (Å²) in [7, 11) is 0. The van der Waals surface area contributed by atoms with Gasteiger partial charge in [-0.1, -0.05) is 41.5 Å². The summed E-state index contributed by atoms with van der Waals surface area (Å²) in [4.78, 5) is 30.5. The molecule has 0 aliphatic carbocycles. The van der Waals surface area contributed by atoms with Crippen molar-refractivity contribution in [2.24, 2.45) is 0 Å². The molecule has 1 N–H and O–H groups in total. The molecule has 0 spiro atoms. The molecule has 0 atom stereocenters. The molecule has 1 amide bonds. The molecule has 0 fully saturated rings. The highest BCUT2D eigenvalue weighted by Gasteiger charge is 2.22. The predicted octanol–water partition coefficient (Wildman–Crippen LogP) is 4.38. The molecule has 1 aliphatic rings. The molecule has 0 bridgehead atoms. The number of fused-ring (bicyclic) bond motifs is 3. The minimum Gasteiger partial charge on any atom is -0.358 e. The topological polar surface area (TPSA) is 53.2 Å². The molecular weight excluding hydrogens is 348 g/mol. The number of rotatable bonds is 4. The van der Waals surface area contributed by atoms with Crippen molar-refractivity contribution in [2.75, 3.05) is 13.1 Å². The second-order valence-electron chi connectivity index (χ2n) is 7.80. The van der Waals surface area contributed by atoms with E-state index in [2.05, 4.69) is 30.1 Å². The van der Waals surface area contributed by atoms with Crippen LogP contribution in [-0.2, 0) is 17.6 Å². The van der Waals surface area contributed by atoms with E-state index in [1.807, 2.05) is 36.1 Å². The molecule has 28 heavy (non-hydrogen) atoms. The maximum absolute atomic E-state index is 12.7. The van der Waals surface area contributed by atoms with Crippen LogP contribution < -0.4 is 0 Å². The quantitative estimate of drug-likeness (QED) is 0.689. The summed E-state index contributed by atoms with van der Waals surface area (Å²) in [6.07, 6.45) is 2.24. The molecular formula is C24H26N2O2. The van der Waals surface area contributed by atoms with E-state index in [1.165, 1.54) is 27.7 Å². The van der Waals surface area contributed by atoms with Gasteiger partial charge < -0.3 is 9.88 Å². The molecule has 4 heteroatoms. The van der Waals surface area contributed by atoms with Crippen molar-refractivity contribution in [3.05, 3.63) is 70.4 Å². The predicted molar refractivity (Wildman–Crippen MR) is 112 cm³/mol. The number of aryl methyl sites for hydroxylation is 2. The van der Waals surface area contributed by atoms with Crippen LogP contribution in [0.15, 0.2) is 42.5 Å². The lowest BCUT2D eigenvalue weighted by molar-refractivity contribution is -0.131. The zero-order valence-electron chi connectivity index (χ0n) is 16.5. The number of carbonyl (C=O) groups is 2. The van der Waals surface area contributed by atoms with Gasteiger partial charge in [-0.15, -0.1) is 0 Å². The number of aromatic nitrogens is 1. The lowest BCUT2D eigenvalue weighted by atomic mass is 10.0. The second-order valence-corrected chi connectivity index (χ2v) is 7.80. The number of H-pyrrole nitrogens is 1. The number of amides is 1. The normalized spacial score (nSPS) is 14.0. The monoisotopic (exact) mass is 374 g/mol. The number of hydrogen-bond donors (Lipinski definition) is 1. The van der Waals surface area contributed by atoms with E-state index in [9.17, 15) is 9.59 Å². The first-order valence-corrected chi connectivity index (χ1v) is 9.99.